The van der Waals surface area contributed by atoms with Gasteiger partial charge in [-0.2, -0.15) is 0 Å². The molecule has 0 saturated carbocycles. The third-order valence-corrected chi connectivity index (χ3v) is 4.19. The highest BCUT2D eigenvalue weighted by Crippen LogP contribution is 2.22. The van der Waals surface area contributed by atoms with E-state index in [1.165, 1.54) is 6.92 Å². The largest absolute Gasteiger partial charge is 0.478 e. The predicted molar refractivity (Wildman–Crippen MR) is 99.7 cm³/mol. The minimum Gasteiger partial charge on any atom is -0.478 e. The fourth-order valence-corrected chi connectivity index (χ4v) is 2.68. The van der Waals surface area contributed by atoms with Crippen molar-refractivity contribution in [1.29, 1.82) is 0 Å². The molecule has 5 atom stereocenters. The zero-order valence-electron chi connectivity index (χ0n) is 15.2. The van der Waals surface area contributed by atoms with Crippen LogP contribution in [0.2, 0.25) is 0 Å². The first-order valence-corrected chi connectivity index (χ1v) is 9.03. The Hall–Kier alpha value is -1.95. The Labute approximate surface area is 162 Å². The number of carbonyl (C=O) groups excluding carboxylic acids is 1. The molecule has 154 valence electrons. The van der Waals surface area contributed by atoms with Crippen LogP contribution in [0, 0.1) is 0 Å². The van der Waals surface area contributed by atoms with E-state index < -0.39 is 48.1 Å². The van der Waals surface area contributed by atoms with Crippen LogP contribution in [0.25, 0.3) is 0 Å². The summed E-state index contributed by atoms with van der Waals surface area (Å²) in [4.78, 5) is 22.5. The van der Waals surface area contributed by atoms with Crippen molar-refractivity contribution in [2.75, 3.05) is 13.1 Å². The number of carbonyl (C=O) groups is 2. The molecule has 0 aromatic rings. The van der Waals surface area contributed by atoms with Crippen LogP contribution in [0.4, 0.5) is 0 Å². The Kier molecular flexibility index (Phi) is 9.43. The third kappa shape index (κ3) is 7.29. The van der Waals surface area contributed by atoms with E-state index >= 15 is 0 Å². The second-order valence-electron chi connectivity index (χ2n) is 6.18. The Morgan fingerprint density at radius 3 is 2.56 bits per heavy atom. The highest BCUT2D eigenvalue weighted by Gasteiger charge is 2.43. The van der Waals surface area contributed by atoms with Crippen molar-refractivity contribution in [3.8, 4) is 0 Å². The van der Waals surface area contributed by atoms with Crippen molar-refractivity contribution in [3.05, 3.63) is 11.8 Å². The minimum absolute atomic E-state index is 0.145. The lowest BCUT2D eigenvalue weighted by atomic mass is 9.93. The first-order valence-electron chi connectivity index (χ1n) is 8.62. The van der Waals surface area contributed by atoms with Gasteiger partial charge in [0.2, 0.25) is 11.7 Å². The van der Waals surface area contributed by atoms with Crippen molar-refractivity contribution in [2.45, 2.75) is 57.1 Å². The highest BCUT2D eigenvalue weighted by molar-refractivity contribution is 7.80. The number of hydrogen-bond acceptors (Lipinski definition) is 7. The summed E-state index contributed by atoms with van der Waals surface area (Å²) in [6, 6.07) is -1.13. The van der Waals surface area contributed by atoms with E-state index in [1.807, 2.05) is 6.92 Å². The van der Waals surface area contributed by atoms with Gasteiger partial charge in [0.05, 0.1) is 6.04 Å². The summed E-state index contributed by atoms with van der Waals surface area (Å²) in [6.45, 7) is 3.75. The standard InChI is InChI=1S/C16H27N3O7S/c1-3-4-5-17-16(27)18-7-10(22)13(23)14-12(19-8(2)20)9(21)6-11(26-14)15(24)25/h6,9-10,12-14,21-23H,3-5,7H2,1-2H3,(H,19,20)(H,24,25)(H2,17,18,27)/t9-,10+,12+,13+,14+/m0/s1. The number of aliphatic hydroxyl groups excluding tert-OH is 3. The highest BCUT2D eigenvalue weighted by atomic mass is 32.1. The molecule has 1 rings (SSSR count). The molecular weight excluding hydrogens is 378 g/mol. The van der Waals surface area contributed by atoms with E-state index in [2.05, 4.69) is 16.0 Å². The van der Waals surface area contributed by atoms with Gasteiger partial charge in [-0.1, -0.05) is 13.3 Å². The van der Waals surface area contributed by atoms with Gasteiger partial charge in [0.1, 0.15) is 18.3 Å². The summed E-state index contributed by atoms with van der Waals surface area (Å²) in [5, 5.41) is 48.2. The summed E-state index contributed by atoms with van der Waals surface area (Å²) < 4.78 is 5.20. The van der Waals surface area contributed by atoms with Gasteiger partial charge in [-0.15, -0.1) is 0 Å². The number of thiocarbonyl (C=S) groups is 1. The third-order valence-electron chi connectivity index (χ3n) is 3.91. The van der Waals surface area contributed by atoms with Gasteiger partial charge in [0.25, 0.3) is 0 Å². The number of carboxylic acids is 1. The van der Waals surface area contributed by atoms with Crippen LogP contribution in [0.5, 0.6) is 0 Å². The van der Waals surface area contributed by atoms with Crippen LogP contribution in [-0.2, 0) is 14.3 Å². The molecule has 0 aliphatic carbocycles. The van der Waals surface area contributed by atoms with Crippen LogP contribution in [-0.4, -0.2) is 81.0 Å². The summed E-state index contributed by atoms with van der Waals surface area (Å²) >= 11 is 5.05. The summed E-state index contributed by atoms with van der Waals surface area (Å²) in [5.41, 5.74) is 0. The molecule has 0 radical (unpaired) electrons. The molecule has 0 aromatic carbocycles. The molecule has 0 aromatic heterocycles. The smallest absolute Gasteiger partial charge is 0.370 e. The molecule has 0 saturated heterocycles. The SMILES string of the molecule is CCCCNC(=S)NC[C@@H](O)[C@@H](O)[C@@H]1OC(C(=O)O)=C[C@H](O)[C@H]1NC(C)=O. The maximum absolute atomic E-state index is 11.4. The Morgan fingerprint density at radius 1 is 1.33 bits per heavy atom. The Balaban J connectivity index is 2.75. The Morgan fingerprint density at radius 2 is 2.00 bits per heavy atom. The summed E-state index contributed by atoms with van der Waals surface area (Å²) in [7, 11) is 0. The van der Waals surface area contributed by atoms with Gasteiger partial charge in [-0.25, -0.2) is 4.79 Å². The number of rotatable bonds is 9. The van der Waals surface area contributed by atoms with Crippen molar-refractivity contribution in [1.82, 2.24) is 16.0 Å². The van der Waals surface area contributed by atoms with Crippen LogP contribution in [0.1, 0.15) is 26.7 Å². The van der Waals surface area contributed by atoms with Gasteiger partial charge in [-0.3, -0.25) is 4.79 Å². The second kappa shape index (κ2) is 11.0. The van der Waals surface area contributed by atoms with E-state index in [4.69, 9.17) is 22.1 Å². The van der Waals surface area contributed by atoms with E-state index in [0.717, 1.165) is 18.9 Å². The molecule has 0 spiro atoms. The lowest BCUT2D eigenvalue weighted by Gasteiger charge is -2.38. The van der Waals surface area contributed by atoms with Crippen molar-refractivity contribution < 1.29 is 34.8 Å². The quantitative estimate of drug-likeness (QED) is 0.172. The van der Waals surface area contributed by atoms with Gasteiger partial charge in [0, 0.05) is 20.0 Å². The number of aliphatic carboxylic acids is 1. The second-order valence-corrected chi connectivity index (χ2v) is 6.59. The summed E-state index contributed by atoms with van der Waals surface area (Å²) in [6.07, 6.45) is -2.97. The minimum atomic E-state index is -1.61. The monoisotopic (exact) mass is 405 g/mol. The topological polar surface area (TPSA) is 160 Å². The van der Waals surface area contributed by atoms with Gasteiger partial charge in [0.15, 0.2) is 11.2 Å². The lowest BCUT2D eigenvalue weighted by molar-refractivity contribution is -0.147. The number of ether oxygens (including phenoxy) is 1. The average Bonchev–Trinajstić information content (AvgIpc) is 2.60. The average molecular weight is 405 g/mol. The zero-order valence-corrected chi connectivity index (χ0v) is 16.0. The van der Waals surface area contributed by atoms with Crippen LogP contribution >= 0.6 is 12.2 Å². The first kappa shape index (κ1) is 23.1. The lowest BCUT2D eigenvalue weighted by Crippen LogP contribution is -2.60. The molecule has 1 heterocycles. The number of hydrogen-bond donors (Lipinski definition) is 7. The fraction of sp³-hybridized carbons (Fsp3) is 0.688. The van der Waals surface area contributed by atoms with E-state index in [1.54, 1.807) is 0 Å². The van der Waals surface area contributed by atoms with Crippen LogP contribution < -0.4 is 16.0 Å². The van der Waals surface area contributed by atoms with Crippen LogP contribution in [0.3, 0.4) is 0 Å². The van der Waals surface area contributed by atoms with Crippen molar-refractivity contribution >= 4 is 29.2 Å². The number of carboxylic acid groups (broad SMARTS) is 1. The normalized spacial score (nSPS) is 24.0. The fourth-order valence-electron chi connectivity index (χ4n) is 2.50. The van der Waals surface area contributed by atoms with Gasteiger partial charge in [-0.05, 0) is 24.7 Å². The Bertz CT molecular complexity index is 572. The van der Waals surface area contributed by atoms with E-state index in [9.17, 15) is 24.9 Å². The van der Waals surface area contributed by atoms with E-state index in [-0.39, 0.29) is 6.54 Å². The molecule has 0 unspecified atom stereocenters. The number of unbranched alkanes of at least 4 members (excludes halogenated alkanes) is 1. The molecule has 11 heteroatoms. The maximum atomic E-state index is 11.4. The molecule has 27 heavy (non-hydrogen) atoms. The van der Waals surface area contributed by atoms with Gasteiger partial charge >= 0.3 is 5.97 Å². The predicted octanol–water partition coefficient (Wildman–Crippen LogP) is -1.79. The molecular formula is C16H27N3O7S. The molecule has 10 nitrogen and oxygen atoms in total. The van der Waals surface area contributed by atoms with Gasteiger partial charge < -0.3 is 41.1 Å². The number of aliphatic hydroxyl groups is 3. The zero-order chi connectivity index (χ0) is 20.6. The molecule has 1 aliphatic heterocycles. The number of nitrogens with one attached hydrogen (secondary N) is 3. The van der Waals surface area contributed by atoms with E-state index in [0.29, 0.717) is 11.7 Å². The molecule has 1 aliphatic rings. The molecule has 1 amide bonds. The van der Waals surface area contributed by atoms with Crippen LogP contribution in [0.15, 0.2) is 11.8 Å². The van der Waals surface area contributed by atoms with Crippen molar-refractivity contribution in [3.63, 3.8) is 0 Å². The summed E-state index contributed by atoms with van der Waals surface area (Å²) in [5.74, 6) is -2.53. The molecule has 7 N–H and O–H groups in total. The molecule has 0 bridgehead atoms. The van der Waals surface area contributed by atoms with Crippen molar-refractivity contribution in [2.24, 2.45) is 0 Å². The maximum Gasteiger partial charge on any atom is 0.370 e. The first-order chi connectivity index (χ1) is 12.7. The molecule has 0 fully saturated rings. The number of amides is 1.